The smallest absolute Gasteiger partial charge is 0.267 e. The lowest BCUT2D eigenvalue weighted by atomic mass is 10.3. The summed E-state index contributed by atoms with van der Waals surface area (Å²) in [7, 11) is 0. The minimum atomic E-state index is -0.238. The molecule has 0 N–H and O–H groups in total. The van der Waals surface area contributed by atoms with Crippen molar-refractivity contribution in [3.63, 3.8) is 0 Å². The van der Waals surface area contributed by atoms with Gasteiger partial charge in [0.05, 0.1) is 3.79 Å². The van der Waals surface area contributed by atoms with Crippen molar-refractivity contribution in [2.75, 3.05) is 0 Å². The van der Waals surface area contributed by atoms with Crippen LogP contribution in [0, 0.1) is 0 Å². The van der Waals surface area contributed by atoms with Crippen molar-refractivity contribution in [3.05, 3.63) is 33.3 Å². The van der Waals surface area contributed by atoms with Gasteiger partial charge in [0.25, 0.3) is 6.29 Å². The molecule has 0 atom stereocenters. The molecule has 58 valence electrons. The van der Waals surface area contributed by atoms with Gasteiger partial charge in [-0.2, -0.15) is 0 Å². The molecular formula is C7H5BrO2S. The topological polar surface area (TPSA) is 18.5 Å². The SMILES string of the molecule is Brc1cc(C2OC=CO2)cs1. The fraction of sp³-hybridized carbons (Fsp3) is 0.143. The number of rotatable bonds is 1. The van der Waals surface area contributed by atoms with E-state index in [9.17, 15) is 0 Å². The molecule has 0 fully saturated rings. The van der Waals surface area contributed by atoms with E-state index in [4.69, 9.17) is 9.47 Å². The Labute approximate surface area is 76.6 Å². The minimum absolute atomic E-state index is 0.238. The summed E-state index contributed by atoms with van der Waals surface area (Å²) in [6.07, 6.45) is 2.87. The molecule has 0 saturated carbocycles. The number of hydrogen-bond acceptors (Lipinski definition) is 3. The van der Waals surface area contributed by atoms with E-state index in [1.54, 1.807) is 23.9 Å². The Morgan fingerprint density at radius 1 is 1.36 bits per heavy atom. The van der Waals surface area contributed by atoms with E-state index in [1.165, 1.54) is 0 Å². The van der Waals surface area contributed by atoms with E-state index in [0.29, 0.717) is 0 Å². The number of thiophene rings is 1. The van der Waals surface area contributed by atoms with E-state index in [1.807, 2.05) is 11.4 Å². The van der Waals surface area contributed by atoms with Gasteiger partial charge in [0.15, 0.2) is 0 Å². The molecule has 0 radical (unpaired) electrons. The highest BCUT2D eigenvalue weighted by Crippen LogP contribution is 2.30. The summed E-state index contributed by atoms with van der Waals surface area (Å²) in [5.74, 6) is 0. The molecule has 0 saturated heterocycles. The van der Waals surface area contributed by atoms with Crippen LogP contribution < -0.4 is 0 Å². The van der Waals surface area contributed by atoms with Crippen LogP contribution in [-0.4, -0.2) is 0 Å². The third kappa shape index (κ3) is 1.41. The average molecular weight is 233 g/mol. The molecule has 1 aromatic rings. The summed E-state index contributed by atoms with van der Waals surface area (Å²) in [4.78, 5) is 0. The van der Waals surface area contributed by atoms with Crippen molar-refractivity contribution in [3.8, 4) is 0 Å². The first kappa shape index (κ1) is 7.18. The molecule has 2 rings (SSSR count). The molecule has 1 aromatic heterocycles. The van der Waals surface area contributed by atoms with Gasteiger partial charge in [-0.15, -0.1) is 11.3 Å². The molecule has 0 amide bonds. The zero-order valence-electron chi connectivity index (χ0n) is 5.49. The number of halogens is 1. The molecule has 0 spiro atoms. The fourth-order valence-electron chi connectivity index (χ4n) is 0.843. The van der Waals surface area contributed by atoms with Gasteiger partial charge in [0, 0.05) is 10.9 Å². The lowest BCUT2D eigenvalue weighted by molar-refractivity contribution is -0.0242. The van der Waals surface area contributed by atoms with E-state index in [0.717, 1.165) is 9.35 Å². The summed E-state index contributed by atoms with van der Waals surface area (Å²) < 4.78 is 11.4. The number of hydrogen-bond donors (Lipinski definition) is 0. The van der Waals surface area contributed by atoms with Gasteiger partial charge in [0.1, 0.15) is 12.5 Å². The monoisotopic (exact) mass is 232 g/mol. The summed E-state index contributed by atoms with van der Waals surface area (Å²) in [6, 6.07) is 1.99. The second-order valence-corrected chi connectivity index (χ2v) is 4.35. The Hall–Kier alpha value is -0.480. The van der Waals surface area contributed by atoms with Crippen LogP contribution in [0.2, 0.25) is 0 Å². The van der Waals surface area contributed by atoms with Crippen molar-refractivity contribution < 1.29 is 9.47 Å². The van der Waals surface area contributed by atoms with Crippen molar-refractivity contribution in [1.82, 2.24) is 0 Å². The molecule has 11 heavy (non-hydrogen) atoms. The van der Waals surface area contributed by atoms with Crippen LogP contribution >= 0.6 is 27.3 Å². The summed E-state index contributed by atoms with van der Waals surface area (Å²) in [5, 5.41) is 2.00. The lowest BCUT2D eigenvalue weighted by Crippen LogP contribution is -1.94. The largest absolute Gasteiger partial charge is 0.455 e. The van der Waals surface area contributed by atoms with Gasteiger partial charge in [-0.25, -0.2) is 0 Å². The van der Waals surface area contributed by atoms with Gasteiger partial charge in [-0.3, -0.25) is 0 Å². The first-order chi connectivity index (χ1) is 5.36. The first-order valence-electron chi connectivity index (χ1n) is 3.06. The van der Waals surface area contributed by atoms with Crippen LogP contribution in [0.5, 0.6) is 0 Å². The molecule has 4 heteroatoms. The van der Waals surface area contributed by atoms with Gasteiger partial charge in [-0.1, -0.05) is 0 Å². The molecule has 2 nitrogen and oxygen atoms in total. The Morgan fingerprint density at radius 2 is 2.09 bits per heavy atom. The van der Waals surface area contributed by atoms with E-state index in [2.05, 4.69) is 15.9 Å². The van der Waals surface area contributed by atoms with Crippen molar-refractivity contribution in [2.45, 2.75) is 6.29 Å². The highest BCUT2D eigenvalue weighted by molar-refractivity contribution is 9.11. The maximum atomic E-state index is 5.14. The summed E-state index contributed by atoms with van der Waals surface area (Å²) >= 11 is 4.99. The normalized spacial score (nSPS) is 16.5. The molecule has 1 aliphatic heterocycles. The van der Waals surface area contributed by atoms with Gasteiger partial charge >= 0.3 is 0 Å². The summed E-state index contributed by atoms with van der Waals surface area (Å²) in [5.41, 5.74) is 1.05. The highest BCUT2D eigenvalue weighted by Gasteiger charge is 2.16. The predicted octanol–water partition coefficient (Wildman–Crippen LogP) is 3.03. The third-order valence-corrected chi connectivity index (χ3v) is 2.84. The molecule has 1 aliphatic rings. The maximum absolute atomic E-state index is 5.14. The first-order valence-corrected chi connectivity index (χ1v) is 4.73. The second kappa shape index (κ2) is 2.87. The standard InChI is InChI=1S/C7H5BrO2S/c8-6-3-5(4-11-6)7-9-1-2-10-7/h1-4,7H. The molecule has 0 unspecified atom stereocenters. The number of ether oxygens (including phenoxy) is 2. The van der Waals surface area contributed by atoms with E-state index >= 15 is 0 Å². The third-order valence-electron chi connectivity index (χ3n) is 1.32. The van der Waals surface area contributed by atoms with Crippen LogP contribution in [0.25, 0.3) is 0 Å². The maximum Gasteiger partial charge on any atom is 0.267 e. The molecule has 0 aliphatic carbocycles. The molecular weight excluding hydrogens is 228 g/mol. The Bertz CT molecular complexity index is 274. The van der Waals surface area contributed by atoms with Gasteiger partial charge in [0.2, 0.25) is 0 Å². The Balaban J connectivity index is 2.17. The van der Waals surface area contributed by atoms with E-state index < -0.39 is 0 Å². The van der Waals surface area contributed by atoms with Crippen LogP contribution in [0.4, 0.5) is 0 Å². The average Bonchev–Trinajstić information content (AvgIpc) is 2.55. The zero-order chi connectivity index (χ0) is 7.68. The Morgan fingerprint density at radius 3 is 2.64 bits per heavy atom. The van der Waals surface area contributed by atoms with Crippen molar-refractivity contribution in [2.24, 2.45) is 0 Å². The van der Waals surface area contributed by atoms with Gasteiger partial charge < -0.3 is 9.47 Å². The lowest BCUT2D eigenvalue weighted by Gasteiger charge is -2.06. The van der Waals surface area contributed by atoms with Crippen LogP contribution in [0.15, 0.2) is 27.8 Å². The quantitative estimate of drug-likeness (QED) is 0.742. The fourth-order valence-corrected chi connectivity index (χ4v) is 2.02. The molecule has 2 heterocycles. The Kier molecular flexibility index (Phi) is 1.87. The molecule has 0 bridgehead atoms. The van der Waals surface area contributed by atoms with Crippen LogP contribution in [0.3, 0.4) is 0 Å². The van der Waals surface area contributed by atoms with Gasteiger partial charge in [-0.05, 0) is 22.0 Å². The summed E-state index contributed by atoms with van der Waals surface area (Å²) in [6.45, 7) is 0. The van der Waals surface area contributed by atoms with Crippen molar-refractivity contribution >= 4 is 27.3 Å². The van der Waals surface area contributed by atoms with Crippen LogP contribution in [0.1, 0.15) is 11.9 Å². The predicted molar refractivity (Wildman–Crippen MR) is 46.1 cm³/mol. The zero-order valence-corrected chi connectivity index (χ0v) is 7.89. The second-order valence-electron chi connectivity index (χ2n) is 2.06. The van der Waals surface area contributed by atoms with Crippen LogP contribution in [-0.2, 0) is 9.47 Å². The van der Waals surface area contributed by atoms with E-state index in [-0.39, 0.29) is 6.29 Å². The molecule has 0 aromatic carbocycles. The minimum Gasteiger partial charge on any atom is -0.455 e. The van der Waals surface area contributed by atoms with Crippen molar-refractivity contribution in [1.29, 1.82) is 0 Å². The highest BCUT2D eigenvalue weighted by atomic mass is 79.9.